The summed E-state index contributed by atoms with van der Waals surface area (Å²) >= 11 is 6.28. The molecule has 0 bridgehead atoms. The first-order valence-corrected chi connectivity index (χ1v) is 9.64. The Morgan fingerprint density at radius 3 is 2.48 bits per heavy atom. The molecule has 2 aromatic heterocycles. The second kappa shape index (κ2) is 6.70. The Bertz CT molecular complexity index is 1350. The molecule has 2 aromatic carbocycles. The van der Waals surface area contributed by atoms with Crippen LogP contribution in [0.15, 0.2) is 64.4 Å². The van der Waals surface area contributed by atoms with Crippen molar-refractivity contribution in [3.63, 3.8) is 0 Å². The minimum atomic E-state index is -0.459. The Kier molecular flexibility index (Phi) is 4.13. The fraction of sp³-hybridized carbons (Fsp3) is 0.190. The van der Waals surface area contributed by atoms with Crippen LogP contribution in [-0.4, -0.2) is 18.7 Å². The number of aromatic nitrogens is 4. The van der Waals surface area contributed by atoms with Gasteiger partial charge in [-0.05, 0) is 48.7 Å². The molecule has 0 saturated heterocycles. The Balaban J connectivity index is 1.78. The number of hydrogen-bond donors (Lipinski definition) is 0. The minimum Gasteiger partial charge on any atom is -0.320 e. The molecule has 2 heterocycles. The first kappa shape index (κ1) is 17.9. The largest absolute Gasteiger partial charge is 0.337 e. The van der Waals surface area contributed by atoms with Crippen molar-refractivity contribution in [1.29, 1.82) is 0 Å². The van der Waals surface area contributed by atoms with E-state index in [1.165, 1.54) is 39.7 Å². The first-order chi connectivity index (χ1) is 14.0. The van der Waals surface area contributed by atoms with Crippen LogP contribution in [0, 0.1) is 5.82 Å². The zero-order valence-corrected chi connectivity index (χ0v) is 16.0. The van der Waals surface area contributed by atoms with Crippen molar-refractivity contribution in [3.8, 4) is 5.69 Å². The molecule has 1 saturated carbocycles. The van der Waals surface area contributed by atoms with Crippen LogP contribution in [0.25, 0.3) is 16.9 Å². The number of imidazole rings is 1. The van der Waals surface area contributed by atoms with E-state index in [2.05, 4.69) is 4.98 Å². The number of hydrogen-bond acceptors (Lipinski definition) is 3. The Hall–Kier alpha value is -3.19. The van der Waals surface area contributed by atoms with Crippen molar-refractivity contribution in [3.05, 3.63) is 92.1 Å². The molecule has 0 atom stereocenters. The molecule has 0 aliphatic heterocycles. The third kappa shape index (κ3) is 2.98. The highest BCUT2D eigenvalue weighted by atomic mass is 35.5. The van der Waals surface area contributed by atoms with Gasteiger partial charge in [-0.2, -0.15) is 0 Å². The normalized spacial score (nSPS) is 13.9. The molecule has 1 aliphatic rings. The van der Waals surface area contributed by atoms with E-state index in [1.807, 2.05) is 18.2 Å². The summed E-state index contributed by atoms with van der Waals surface area (Å²) in [6.45, 7) is 0.345. The van der Waals surface area contributed by atoms with E-state index >= 15 is 0 Å². The predicted molar refractivity (Wildman–Crippen MR) is 108 cm³/mol. The number of fused-ring (bicyclic) bond motifs is 1. The van der Waals surface area contributed by atoms with Crippen LogP contribution >= 0.6 is 11.6 Å². The molecule has 1 fully saturated rings. The van der Waals surface area contributed by atoms with Gasteiger partial charge in [0.1, 0.15) is 5.82 Å². The number of benzene rings is 2. The summed E-state index contributed by atoms with van der Waals surface area (Å²) in [5.74, 6) is -0.405. The molecule has 0 unspecified atom stereocenters. The summed E-state index contributed by atoms with van der Waals surface area (Å²) in [4.78, 5) is 30.7. The van der Waals surface area contributed by atoms with Crippen LogP contribution in [0.5, 0.6) is 0 Å². The second-order valence-corrected chi connectivity index (χ2v) is 7.54. The lowest BCUT2D eigenvalue weighted by atomic mass is 10.2. The summed E-state index contributed by atoms with van der Waals surface area (Å²) in [5, 5.41) is 0.587. The van der Waals surface area contributed by atoms with Gasteiger partial charge >= 0.3 is 5.69 Å². The molecule has 0 amide bonds. The third-order valence-corrected chi connectivity index (χ3v) is 5.51. The van der Waals surface area contributed by atoms with Crippen LogP contribution in [0.4, 0.5) is 4.39 Å². The maximum Gasteiger partial charge on any atom is 0.337 e. The Morgan fingerprint density at radius 1 is 1.07 bits per heavy atom. The lowest BCUT2D eigenvalue weighted by Crippen LogP contribution is -2.39. The summed E-state index contributed by atoms with van der Waals surface area (Å²) in [5.41, 5.74) is 1.04. The Labute approximate surface area is 169 Å². The van der Waals surface area contributed by atoms with Gasteiger partial charge in [-0.25, -0.2) is 18.7 Å². The standard InChI is InChI=1S/C21H16ClFN4O2/c22-17-4-2-1-3-13(17)11-25-12-24-19-18(25)20(28)27(16-9-10-16)21(29)26(19)15-7-5-14(23)6-8-15/h1-8,12,16H,9-11H2. The molecule has 4 aromatic rings. The maximum atomic E-state index is 13.4. The van der Waals surface area contributed by atoms with E-state index in [4.69, 9.17) is 11.6 Å². The molecule has 6 nitrogen and oxygen atoms in total. The van der Waals surface area contributed by atoms with Gasteiger partial charge < -0.3 is 4.57 Å². The lowest BCUT2D eigenvalue weighted by Gasteiger charge is -2.12. The molecule has 29 heavy (non-hydrogen) atoms. The molecule has 0 spiro atoms. The van der Waals surface area contributed by atoms with Gasteiger partial charge in [0, 0.05) is 11.1 Å². The van der Waals surface area contributed by atoms with Gasteiger partial charge in [0.15, 0.2) is 11.2 Å². The van der Waals surface area contributed by atoms with Gasteiger partial charge in [-0.15, -0.1) is 0 Å². The number of nitrogens with zero attached hydrogens (tertiary/aromatic N) is 4. The number of halogens is 2. The number of rotatable bonds is 4. The maximum absolute atomic E-state index is 13.4. The van der Waals surface area contributed by atoms with Crippen molar-refractivity contribution in [2.75, 3.05) is 0 Å². The molecule has 0 radical (unpaired) electrons. The predicted octanol–water partition coefficient (Wildman–Crippen LogP) is 3.52. The summed E-state index contributed by atoms with van der Waals surface area (Å²) < 4.78 is 17.8. The van der Waals surface area contributed by atoms with E-state index < -0.39 is 11.5 Å². The topological polar surface area (TPSA) is 61.8 Å². The fourth-order valence-corrected chi connectivity index (χ4v) is 3.76. The summed E-state index contributed by atoms with van der Waals surface area (Å²) in [6, 6.07) is 12.8. The van der Waals surface area contributed by atoms with E-state index in [0.29, 0.717) is 22.8 Å². The highest BCUT2D eigenvalue weighted by molar-refractivity contribution is 6.31. The van der Waals surface area contributed by atoms with Crippen LogP contribution in [0.1, 0.15) is 24.4 Å². The molecule has 1 aliphatic carbocycles. The van der Waals surface area contributed by atoms with E-state index in [9.17, 15) is 14.0 Å². The highest BCUT2D eigenvalue weighted by Gasteiger charge is 2.30. The summed E-state index contributed by atoms with van der Waals surface area (Å²) in [6.07, 6.45) is 3.09. The van der Waals surface area contributed by atoms with Crippen molar-refractivity contribution < 1.29 is 4.39 Å². The molecular weight excluding hydrogens is 395 g/mol. The monoisotopic (exact) mass is 410 g/mol. The van der Waals surface area contributed by atoms with Crippen molar-refractivity contribution in [1.82, 2.24) is 18.7 Å². The quantitative estimate of drug-likeness (QED) is 0.517. The van der Waals surface area contributed by atoms with E-state index in [1.54, 1.807) is 10.6 Å². The lowest BCUT2D eigenvalue weighted by molar-refractivity contribution is 0.624. The second-order valence-electron chi connectivity index (χ2n) is 7.14. The molecule has 5 rings (SSSR count). The van der Waals surface area contributed by atoms with Gasteiger partial charge in [0.2, 0.25) is 0 Å². The molecule has 146 valence electrons. The van der Waals surface area contributed by atoms with Gasteiger partial charge in [-0.3, -0.25) is 9.36 Å². The van der Waals surface area contributed by atoms with Crippen LogP contribution in [-0.2, 0) is 6.54 Å². The average molecular weight is 411 g/mol. The highest BCUT2D eigenvalue weighted by Crippen LogP contribution is 2.32. The van der Waals surface area contributed by atoms with Gasteiger partial charge in [0.05, 0.1) is 18.6 Å². The van der Waals surface area contributed by atoms with Crippen molar-refractivity contribution in [2.24, 2.45) is 0 Å². The Morgan fingerprint density at radius 2 is 1.79 bits per heavy atom. The smallest absolute Gasteiger partial charge is 0.320 e. The van der Waals surface area contributed by atoms with E-state index in [0.717, 1.165) is 18.4 Å². The van der Waals surface area contributed by atoms with Crippen LogP contribution < -0.4 is 11.2 Å². The minimum absolute atomic E-state index is 0.116. The van der Waals surface area contributed by atoms with Crippen LogP contribution in [0.2, 0.25) is 5.02 Å². The first-order valence-electron chi connectivity index (χ1n) is 9.26. The van der Waals surface area contributed by atoms with Crippen molar-refractivity contribution >= 4 is 22.8 Å². The molecule has 0 N–H and O–H groups in total. The fourth-order valence-electron chi connectivity index (χ4n) is 3.56. The SMILES string of the molecule is O=c1c2c(ncn2Cc2ccccc2Cl)n(-c2ccc(F)cc2)c(=O)n1C1CC1. The van der Waals surface area contributed by atoms with Crippen molar-refractivity contribution in [2.45, 2.75) is 25.4 Å². The molecule has 8 heteroatoms. The summed E-state index contributed by atoms with van der Waals surface area (Å²) in [7, 11) is 0. The zero-order valence-electron chi connectivity index (χ0n) is 15.3. The molecular formula is C21H16ClFN4O2. The van der Waals surface area contributed by atoms with E-state index in [-0.39, 0.29) is 17.2 Å². The third-order valence-electron chi connectivity index (χ3n) is 5.14. The van der Waals surface area contributed by atoms with Gasteiger partial charge in [-0.1, -0.05) is 29.8 Å². The zero-order chi connectivity index (χ0) is 20.1. The average Bonchev–Trinajstić information content (AvgIpc) is 3.45. The van der Waals surface area contributed by atoms with Gasteiger partial charge in [0.25, 0.3) is 5.56 Å². The van der Waals surface area contributed by atoms with Crippen LogP contribution in [0.3, 0.4) is 0 Å².